The molecule has 1 heterocycles. The van der Waals surface area contributed by atoms with Crippen LogP contribution in [-0.4, -0.2) is 61.5 Å². The number of hydrogen-bond acceptors (Lipinski definition) is 4. The molecule has 1 rings (SSSR count). The first-order valence-corrected chi connectivity index (χ1v) is 7.11. The lowest BCUT2D eigenvalue weighted by molar-refractivity contribution is -0.146. The molecule has 0 bridgehead atoms. The first-order valence-electron chi connectivity index (χ1n) is 7.11. The van der Waals surface area contributed by atoms with Gasteiger partial charge in [0, 0.05) is 26.2 Å². The second kappa shape index (κ2) is 7.43. The van der Waals surface area contributed by atoms with Crippen molar-refractivity contribution >= 4 is 11.9 Å². The first kappa shape index (κ1) is 16.7. The van der Waals surface area contributed by atoms with E-state index in [1.54, 1.807) is 4.90 Å². The predicted octanol–water partition coefficient (Wildman–Crippen LogP) is 1.15. The van der Waals surface area contributed by atoms with Gasteiger partial charge in [0.1, 0.15) is 0 Å². The summed E-state index contributed by atoms with van der Waals surface area (Å²) in [6.07, 6.45) is 0. The third-order valence-corrected chi connectivity index (χ3v) is 3.75. The van der Waals surface area contributed by atoms with Crippen LogP contribution < -0.4 is 0 Å². The minimum atomic E-state index is -0.179. The average Bonchev–Trinajstić information content (AvgIpc) is 2.75. The molecule has 0 aliphatic carbocycles. The van der Waals surface area contributed by atoms with Crippen LogP contribution in [-0.2, 0) is 14.3 Å². The second-order valence-corrected chi connectivity index (χ2v) is 5.67. The molecule has 1 aliphatic heterocycles. The van der Waals surface area contributed by atoms with Crippen molar-refractivity contribution in [2.45, 2.75) is 20.8 Å². The van der Waals surface area contributed by atoms with Crippen LogP contribution in [0.2, 0.25) is 0 Å². The number of hydrogen-bond donors (Lipinski definition) is 0. The molecule has 2 unspecified atom stereocenters. The highest BCUT2D eigenvalue weighted by atomic mass is 16.5. The quantitative estimate of drug-likeness (QED) is 0.542. The SMILES string of the molecule is C=C(C)CN(CC)C(=O)CN1CC(C)C(C(=O)OC)C1. The van der Waals surface area contributed by atoms with E-state index in [4.69, 9.17) is 4.74 Å². The Bertz CT molecular complexity index is 381. The average molecular weight is 282 g/mol. The van der Waals surface area contributed by atoms with Crippen LogP contribution in [0.3, 0.4) is 0 Å². The molecule has 0 saturated carbocycles. The standard InChI is InChI=1S/C15H26N2O3/c1-6-17(7-11(2)3)14(18)10-16-8-12(4)13(9-16)15(19)20-5/h12-13H,2,6-10H2,1,3-5H3. The second-order valence-electron chi connectivity index (χ2n) is 5.67. The molecule has 1 aliphatic rings. The highest BCUT2D eigenvalue weighted by molar-refractivity contribution is 5.79. The molecule has 1 saturated heterocycles. The molecule has 2 atom stereocenters. The van der Waals surface area contributed by atoms with Gasteiger partial charge < -0.3 is 9.64 Å². The zero-order valence-electron chi connectivity index (χ0n) is 13.0. The Morgan fingerprint density at radius 3 is 2.55 bits per heavy atom. The fourth-order valence-corrected chi connectivity index (χ4v) is 2.65. The van der Waals surface area contributed by atoms with Crippen molar-refractivity contribution in [3.63, 3.8) is 0 Å². The summed E-state index contributed by atoms with van der Waals surface area (Å²) in [4.78, 5) is 27.7. The molecule has 0 aromatic carbocycles. The number of esters is 1. The fraction of sp³-hybridized carbons (Fsp3) is 0.733. The van der Waals surface area contributed by atoms with E-state index < -0.39 is 0 Å². The number of carbonyl (C=O) groups excluding carboxylic acids is 2. The summed E-state index contributed by atoms with van der Waals surface area (Å²) in [6, 6.07) is 0. The van der Waals surface area contributed by atoms with Crippen LogP contribution >= 0.6 is 0 Å². The molecular formula is C15H26N2O3. The third kappa shape index (κ3) is 4.34. The van der Waals surface area contributed by atoms with Crippen molar-refractivity contribution in [2.24, 2.45) is 11.8 Å². The maximum absolute atomic E-state index is 12.2. The van der Waals surface area contributed by atoms with E-state index in [-0.39, 0.29) is 23.7 Å². The summed E-state index contributed by atoms with van der Waals surface area (Å²) in [7, 11) is 1.41. The maximum Gasteiger partial charge on any atom is 0.310 e. The Morgan fingerprint density at radius 1 is 1.40 bits per heavy atom. The Balaban J connectivity index is 2.55. The van der Waals surface area contributed by atoms with E-state index in [0.717, 1.165) is 12.1 Å². The molecule has 20 heavy (non-hydrogen) atoms. The number of carbonyl (C=O) groups is 2. The molecule has 0 spiro atoms. The van der Waals surface area contributed by atoms with Crippen LogP contribution in [0, 0.1) is 11.8 Å². The predicted molar refractivity (Wildman–Crippen MR) is 78.2 cm³/mol. The molecule has 0 radical (unpaired) electrons. The van der Waals surface area contributed by atoms with Crippen LogP contribution in [0.5, 0.6) is 0 Å². The van der Waals surface area contributed by atoms with Crippen LogP contribution in [0.4, 0.5) is 0 Å². The zero-order chi connectivity index (χ0) is 15.3. The molecular weight excluding hydrogens is 256 g/mol. The Labute approximate surface area is 121 Å². The lowest BCUT2D eigenvalue weighted by Gasteiger charge is -2.24. The van der Waals surface area contributed by atoms with Gasteiger partial charge in [0.15, 0.2) is 0 Å². The molecule has 1 amide bonds. The van der Waals surface area contributed by atoms with Gasteiger partial charge in [-0.1, -0.05) is 19.1 Å². The molecule has 5 heteroatoms. The number of amides is 1. The fourth-order valence-electron chi connectivity index (χ4n) is 2.65. The van der Waals surface area contributed by atoms with Gasteiger partial charge in [-0.2, -0.15) is 0 Å². The summed E-state index contributed by atoms with van der Waals surface area (Å²) < 4.78 is 4.81. The van der Waals surface area contributed by atoms with Gasteiger partial charge in [-0.25, -0.2) is 0 Å². The van der Waals surface area contributed by atoms with Crippen LogP contribution in [0.25, 0.3) is 0 Å². The van der Waals surface area contributed by atoms with Gasteiger partial charge in [0.25, 0.3) is 0 Å². The number of likely N-dealkylation sites (tertiary alicyclic amines) is 1. The summed E-state index contributed by atoms with van der Waals surface area (Å²) in [6.45, 7) is 12.7. The highest BCUT2D eigenvalue weighted by Crippen LogP contribution is 2.23. The third-order valence-electron chi connectivity index (χ3n) is 3.75. The van der Waals surface area contributed by atoms with E-state index in [1.807, 2.05) is 25.7 Å². The molecule has 0 aromatic rings. The van der Waals surface area contributed by atoms with Gasteiger partial charge in [-0.15, -0.1) is 0 Å². The van der Waals surface area contributed by atoms with E-state index in [2.05, 4.69) is 6.58 Å². The normalized spacial score (nSPS) is 22.6. The van der Waals surface area contributed by atoms with Crippen molar-refractivity contribution in [2.75, 3.05) is 39.8 Å². The van der Waals surface area contributed by atoms with Gasteiger partial charge in [-0.05, 0) is 19.8 Å². The summed E-state index contributed by atoms with van der Waals surface area (Å²) in [5.74, 6) is 0.0189. The van der Waals surface area contributed by atoms with Crippen LogP contribution in [0.15, 0.2) is 12.2 Å². The van der Waals surface area contributed by atoms with Crippen molar-refractivity contribution in [1.82, 2.24) is 9.80 Å². The maximum atomic E-state index is 12.2. The molecule has 114 valence electrons. The van der Waals surface area contributed by atoms with Crippen molar-refractivity contribution in [3.05, 3.63) is 12.2 Å². The van der Waals surface area contributed by atoms with Gasteiger partial charge >= 0.3 is 5.97 Å². The minimum Gasteiger partial charge on any atom is -0.469 e. The summed E-state index contributed by atoms with van der Waals surface area (Å²) >= 11 is 0. The summed E-state index contributed by atoms with van der Waals surface area (Å²) in [5, 5.41) is 0. The van der Waals surface area contributed by atoms with Crippen molar-refractivity contribution < 1.29 is 14.3 Å². The number of rotatable bonds is 6. The Morgan fingerprint density at radius 2 is 2.05 bits per heavy atom. The van der Waals surface area contributed by atoms with Crippen molar-refractivity contribution in [3.8, 4) is 0 Å². The largest absolute Gasteiger partial charge is 0.469 e. The number of nitrogens with zero attached hydrogens (tertiary/aromatic N) is 2. The van der Waals surface area contributed by atoms with Crippen LogP contribution in [0.1, 0.15) is 20.8 Å². The number of likely N-dealkylation sites (N-methyl/N-ethyl adjacent to an activating group) is 1. The molecule has 1 fully saturated rings. The Hall–Kier alpha value is -1.36. The van der Waals surface area contributed by atoms with E-state index in [0.29, 0.717) is 26.2 Å². The van der Waals surface area contributed by atoms with Gasteiger partial charge in [-0.3, -0.25) is 14.5 Å². The lowest BCUT2D eigenvalue weighted by atomic mass is 9.99. The number of ether oxygens (including phenoxy) is 1. The number of methoxy groups -OCH3 is 1. The molecule has 0 aromatic heterocycles. The smallest absolute Gasteiger partial charge is 0.310 e. The zero-order valence-corrected chi connectivity index (χ0v) is 13.0. The molecule has 5 nitrogen and oxygen atoms in total. The topological polar surface area (TPSA) is 49.9 Å². The lowest BCUT2D eigenvalue weighted by Crippen LogP contribution is -2.40. The van der Waals surface area contributed by atoms with Gasteiger partial charge in [0.05, 0.1) is 19.6 Å². The monoisotopic (exact) mass is 282 g/mol. The van der Waals surface area contributed by atoms with E-state index >= 15 is 0 Å². The minimum absolute atomic E-state index is 0.0909. The van der Waals surface area contributed by atoms with E-state index in [9.17, 15) is 9.59 Å². The highest BCUT2D eigenvalue weighted by Gasteiger charge is 2.36. The Kier molecular flexibility index (Phi) is 6.20. The summed E-state index contributed by atoms with van der Waals surface area (Å²) in [5.41, 5.74) is 0.974. The van der Waals surface area contributed by atoms with Gasteiger partial charge in [0.2, 0.25) is 5.91 Å². The first-order chi connectivity index (χ1) is 9.38. The van der Waals surface area contributed by atoms with Crippen molar-refractivity contribution in [1.29, 1.82) is 0 Å². The molecule has 0 N–H and O–H groups in total. The van der Waals surface area contributed by atoms with E-state index in [1.165, 1.54) is 7.11 Å².